The lowest BCUT2D eigenvalue weighted by atomic mass is 10.1. The lowest BCUT2D eigenvalue weighted by molar-refractivity contribution is -0.145. The second-order valence-electron chi connectivity index (χ2n) is 7.27. The number of carboxylic acids is 1. The molecule has 7 heteroatoms. The molecule has 1 aliphatic heterocycles. The van der Waals surface area contributed by atoms with Crippen molar-refractivity contribution in [2.75, 3.05) is 6.79 Å². The van der Waals surface area contributed by atoms with Crippen LogP contribution in [0, 0.1) is 0 Å². The molecule has 1 aromatic heterocycles. The Bertz CT molecular complexity index is 1160. The van der Waals surface area contributed by atoms with Crippen LogP contribution in [0.3, 0.4) is 0 Å². The third kappa shape index (κ3) is 4.67. The number of ether oxygens (including phenoxy) is 3. The van der Waals surface area contributed by atoms with Crippen LogP contribution in [-0.4, -0.2) is 34.3 Å². The van der Waals surface area contributed by atoms with Gasteiger partial charge in [-0.1, -0.05) is 31.2 Å². The average molecular weight is 433 g/mol. The summed E-state index contributed by atoms with van der Waals surface area (Å²) in [5.74, 6) is 0.627. The molecule has 4 rings (SSSR count). The minimum absolute atomic E-state index is 0.101. The van der Waals surface area contributed by atoms with Crippen LogP contribution in [0.25, 0.3) is 6.08 Å². The number of ketones is 1. The van der Waals surface area contributed by atoms with E-state index in [-0.39, 0.29) is 12.6 Å². The Kier molecular flexibility index (Phi) is 6.26. The summed E-state index contributed by atoms with van der Waals surface area (Å²) >= 11 is 0. The van der Waals surface area contributed by atoms with Crippen molar-refractivity contribution < 1.29 is 28.9 Å². The molecule has 0 unspecified atom stereocenters. The van der Waals surface area contributed by atoms with E-state index in [1.807, 2.05) is 41.1 Å². The molecule has 0 saturated heterocycles. The van der Waals surface area contributed by atoms with E-state index < -0.39 is 12.1 Å². The van der Waals surface area contributed by atoms with Crippen LogP contribution in [0.1, 0.15) is 35.0 Å². The number of allylic oxidation sites excluding steroid dienone is 1. The summed E-state index contributed by atoms with van der Waals surface area (Å²) in [6.45, 7) is 2.42. The summed E-state index contributed by atoms with van der Waals surface area (Å²) in [6.07, 6.45) is 5.19. The number of aliphatic carboxylic acids is 1. The molecule has 0 saturated carbocycles. The predicted molar refractivity (Wildman–Crippen MR) is 118 cm³/mol. The molecule has 0 spiro atoms. The fourth-order valence-electron chi connectivity index (χ4n) is 3.43. The van der Waals surface area contributed by atoms with Crippen molar-refractivity contribution in [1.29, 1.82) is 0 Å². The molecule has 3 aromatic rings. The van der Waals surface area contributed by atoms with Gasteiger partial charge in [-0.3, -0.25) is 4.79 Å². The standard InChI is InChI=1S/C25H23NO6/c1-2-21(25(28)29)32-19-8-3-6-17(14-19)7-4-12-26-13-5-9-20(26)24(27)18-10-11-22-23(15-18)31-16-30-22/h3-11,13-15,21H,2,12,16H2,1H3,(H,28,29)/b7-4+/t21-/m0/s1. The highest BCUT2D eigenvalue weighted by molar-refractivity contribution is 6.08. The van der Waals surface area contributed by atoms with Gasteiger partial charge in [0.15, 0.2) is 17.6 Å². The Morgan fingerprint density at radius 2 is 1.97 bits per heavy atom. The SMILES string of the molecule is CC[C@H](Oc1cccc(/C=C/Cn2cccc2C(=O)c2ccc3c(c2)OCO3)c1)C(=O)O. The first-order valence-electron chi connectivity index (χ1n) is 10.3. The van der Waals surface area contributed by atoms with E-state index in [0.29, 0.717) is 41.5 Å². The lowest BCUT2D eigenvalue weighted by Gasteiger charge is -2.13. The second kappa shape index (κ2) is 9.43. The van der Waals surface area contributed by atoms with Gasteiger partial charge in [-0.05, 0) is 54.4 Å². The number of aromatic nitrogens is 1. The zero-order valence-corrected chi connectivity index (χ0v) is 17.6. The third-order valence-electron chi connectivity index (χ3n) is 5.09. The molecule has 0 fully saturated rings. The number of carbonyl (C=O) groups is 2. The van der Waals surface area contributed by atoms with Crippen LogP contribution >= 0.6 is 0 Å². The largest absolute Gasteiger partial charge is 0.479 e. The van der Waals surface area contributed by atoms with Crippen LogP contribution in [0.2, 0.25) is 0 Å². The predicted octanol–water partition coefficient (Wildman–Crippen LogP) is 4.40. The highest BCUT2D eigenvalue weighted by atomic mass is 16.7. The van der Waals surface area contributed by atoms with Crippen LogP contribution in [0.5, 0.6) is 17.2 Å². The smallest absolute Gasteiger partial charge is 0.344 e. The summed E-state index contributed by atoms with van der Waals surface area (Å²) < 4.78 is 18.1. The molecule has 1 aliphatic rings. The van der Waals surface area contributed by atoms with Crippen molar-refractivity contribution in [3.8, 4) is 17.2 Å². The molecule has 0 amide bonds. The molecule has 2 aromatic carbocycles. The van der Waals surface area contributed by atoms with Crippen LogP contribution < -0.4 is 14.2 Å². The van der Waals surface area contributed by atoms with E-state index in [1.165, 1.54) is 0 Å². The zero-order valence-electron chi connectivity index (χ0n) is 17.6. The van der Waals surface area contributed by atoms with Gasteiger partial charge in [-0.2, -0.15) is 0 Å². The summed E-state index contributed by atoms with van der Waals surface area (Å²) in [6, 6.07) is 16.0. The van der Waals surface area contributed by atoms with E-state index in [0.717, 1.165) is 5.56 Å². The monoisotopic (exact) mass is 433 g/mol. The van der Waals surface area contributed by atoms with E-state index in [2.05, 4.69) is 0 Å². The van der Waals surface area contributed by atoms with Crippen LogP contribution in [-0.2, 0) is 11.3 Å². The number of hydrogen-bond donors (Lipinski definition) is 1. The lowest BCUT2D eigenvalue weighted by Crippen LogP contribution is -2.25. The third-order valence-corrected chi connectivity index (χ3v) is 5.09. The number of hydrogen-bond acceptors (Lipinski definition) is 5. The van der Waals surface area contributed by atoms with Crippen LogP contribution in [0.15, 0.2) is 66.9 Å². The first kappa shape index (κ1) is 21.2. The fraction of sp³-hybridized carbons (Fsp3) is 0.200. The van der Waals surface area contributed by atoms with Gasteiger partial charge >= 0.3 is 5.97 Å². The van der Waals surface area contributed by atoms with Gasteiger partial charge in [0.05, 0.1) is 5.69 Å². The van der Waals surface area contributed by atoms with Gasteiger partial charge < -0.3 is 23.9 Å². The van der Waals surface area contributed by atoms with Gasteiger partial charge in [0.2, 0.25) is 12.6 Å². The van der Waals surface area contributed by atoms with Crippen molar-refractivity contribution in [3.63, 3.8) is 0 Å². The minimum Gasteiger partial charge on any atom is -0.479 e. The molecule has 1 atom stereocenters. The zero-order chi connectivity index (χ0) is 22.5. The van der Waals surface area contributed by atoms with Crippen molar-refractivity contribution in [2.45, 2.75) is 26.0 Å². The Morgan fingerprint density at radius 1 is 1.12 bits per heavy atom. The molecule has 0 bridgehead atoms. The Balaban J connectivity index is 1.44. The van der Waals surface area contributed by atoms with Crippen LogP contribution in [0.4, 0.5) is 0 Å². The first-order valence-corrected chi connectivity index (χ1v) is 10.3. The normalized spacial score (nSPS) is 13.3. The van der Waals surface area contributed by atoms with Crippen molar-refractivity contribution >= 4 is 17.8 Å². The highest BCUT2D eigenvalue weighted by Crippen LogP contribution is 2.33. The number of carbonyl (C=O) groups excluding carboxylic acids is 1. The molecule has 0 aliphatic carbocycles. The molecule has 1 N–H and O–H groups in total. The second-order valence-corrected chi connectivity index (χ2v) is 7.27. The van der Waals surface area contributed by atoms with E-state index >= 15 is 0 Å². The maximum atomic E-state index is 13.0. The molecular formula is C25H23NO6. The van der Waals surface area contributed by atoms with Gasteiger partial charge in [0, 0.05) is 18.3 Å². The van der Waals surface area contributed by atoms with Gasteiger partial charge in [0.25, 0.3) is 0 Å². The maximum Gasteiger partial charge on any atom is 0.344 e. The highest BCUT2D eigenvalue weighted by Gasteiger charge is 2.19. The average Bonchev–Trinajstić information content (AvgIpc) is 3.46. The Morgan fingerprint density at radius 3 is 2.78 bits per heavy atom. The van der Waals surface area contributed by atoms with Crippen molar-refractivity contribution in [1.82, 2.24) is 4.57 Å². The molecule has 0 radical (unpaired) electrons. The topological polar surface area (TPSA) is 87.0 Å². The van der Waals surface area contributed by atoms with E-state index in [9.17, 15) is 9.59 Å². The maximum absolute atomic E-state index is 13.0. The quantitative estimate of drug-likeness (QED) is 0.503. The summed E-state index contributed by atoms with van der Waals surface area (Å²) in [7, 11) is 0. The fourth-order valence-corrected chi connectivity index (χ4v) is 3.43. The molecule has 2 heterocycles. The number of fused-ring (bicyclic) bond motifs is 1. The molecule has 32 heavy (non-hydrogen) atoms. The van der Waals surface area contributed by atoms with Gasteiger partial charge in [0.1, 0.15) is 5.75 Å². The van der Waals surface area contributed by atoms with Gasteiger partial charge in [-0.15, -0.1) is 0 Å². The van der Waals surface area contributed by atoms with Crippen molar-refractivity contribution in [2.24, 2.45) is 0 Å². The molecule has 7 nitrogen and oxygen atoms in total. The molecular weight excluding hydrogens is 410 g/mol. The summed E-state index contributed by atoms with van der Waals surface area (Å²) in [5.41, 5.74) is 1.98. The summed E-state index contributed by atoms with van der Waals surface area (Å²) in [4.78, 5) is 24.2. The Hall–Kier alpha value is -4.00. The molecule has 164 valence electrons. The first-order chi connectivity index (χ1) is 15.5. The van der Waals surface area contributed by atoms with Crippen molar-refractivity contribution in [3.05, 3.63) is 83.7 Å². The van der Waals surface area contributed by atoms with E-state index in [4.69, 9.17) is 19.3 Å². The van der Waals surface area contributed by atoms with Gasteiger partial charge in [-0.25, -0.2) is 4.79 Å². The number of nitrogens with zero attached hydrogens (tertiary/aromatic N) is 1. The number of rotatable bonds is 9. The minimum atomic E-state index is -0.985. The van der Waals surface area contributed by atoms with E-state index in [1.54, 1.807) is 43.3 Å². The summed E-state index contributed by atoms with van der Waals surface area (Å²) in [5, 5.41) is 9.17. The number of benzene rings is 2. The number of carboxylic acid groups (broad SMARTS) is 1. The Labute approximate surface area is 185 Å².